The van der Waals surface area contributed by atoms with Gasteiger partial charge in [0.15, 0.2) is 11.5 Å². The van der Waals surface area contributed by atoms with E-state index in [9.17, 15) is 17.6 Å². The molecule has 0 bridgehead atoms. The van der Waals surface area contributed by atoms with Gasteiger partial charge in [0.1, 0.15) is 22.2 Å². The average Bonchev–Trinajstić information content (AvgIpc) is 2.90. The smallest absolute Gasteiger partial charge is 0.339 e. The van der Waals surface area contributed by atoms with Crippen molar-refractivity contribution >= 4 is 16.0 Å². The minimum atomic E-state index is -4.27. The normalized spacial score (nSPS) is 11.1. The van der Waals surface area contributed by atoms with E-state index in [1.807, 2.05) is 0 Å². The van der Waals surface area contributed by atoms with E-state index >= 15 is 0 Å². The van der Waals surface area contributed by atoms with E-state index in [0.29, 0.717) is 22.6 Å². The molecule has 0 aliphatic rings. The number of benzene rings is 3. The number of methoxy groups -OCH3 is 4. The first-order valence-electron chi connectivity index (χ1n) is 11.1. The van der Waals surface area contributed by atoms with Gasteiger partial charge in [0.05, 0.1) is 27.9 Å². The SMILES string of the molecule is COCCN(Cc1ccc(OC)c(OS(=O)(=O)c2ccc(F)cc2)c1)C(=O)c1cc(OC)cc(OC)c1. The molecule has 0 spiro atoms. The summed E-state index contributed by atoms with van der Waals surface area (Å²) >= 11 is 0. The van der Waals surface area contributed by atoms with Gasteiger partial charge in [0.2, 0.25) is 0 Å². The van der Waals surface area contributed by atoms with Gasteiger partial charge in [-0.2, -0.15) is 8.42 Å². The zero-order valence-corrected chi connectivity index (χ0v) is 21.7. The largest absolute Gasteiger partial charge is 0.497 e. The van der Waals surface area contributed by atoms with Crippen LogP contribution in [0.25, 0.3) is 0 Å². The van der Waals surface area contributed by atoms with Crippen molar-refractivity contribution in [2.24, 2.45) is 0 Å². The van der Waals surface area contributed by atoms with Gasteiger partial charge in [-0.15, -0.1) is 0 Å². The Morgan fingerprint density at radius 3 is 2.05 bits per heavy atom. The van der Waals surface area contributed by atoms with Crippen molar-refractivity contribution in [1.29, 1.82) is 0 Å². The van der Waals surface area contributed by atoms with Gasteiger partial charge in [0, 0.05) is 31.8 Å². The van der Waals surface area contributed by atoms with Crippen LogP contribution >= 0.6 is 0 Å². The maximum absolute atomic E-state index is 13.4. The monoisotopic (exact) mass is 533 g/mol. The van der Waals surface area contributed by atoms with E-state index in [1.54, 1.807) is 30.3 Å². The van der Waals surface area contributed by atoms with Crippen LogP contribution in [0.1, 0.15) is 15.9 Å². The summed E-state index contributed by atoms with van der Waals surface area (Å²) in [5.74, 6) is 0.119. The molecule has 0 aromatic heterocycles. The zero-order chi connectivity index (χ0) is 27.0. The van der Waals surface area contributed by atoms with Crippen molar-refractivity contribution in [3.8, 4) is 23.0 Å². The highest BCUT2D eigenvalue weighted by Gasteiger charge is 2.22. The molecule has 3 aromatic carbocycles. The molecule has 0 saturated carbocycles. The third-order valence-corrected chi connectivity index (χ3v) is 6.60. The second-order valence-corrected chi connectivity index (χ2v) is 9.34. The van der Waals surface area contributed by atoms with E-state index in [4.69, 9.17) is 23.1 Å². The van der Waals surface area contributed by atoms with Crippen LogP contribution in [0.2, 0.25) is 0 Å². The number of halogens is 1. The van der Waals surface area contributed by atoms with Crippen molar-refractivity contribution in [1.82, 2.24) is 4.90 Å². The fraction of sp³-hybridized carbons (Fsp3) is 0.269. The van der Waals surface area contributed by atoms with Gasteiger partial charge in [-0.05, 0) is 54.1 Å². The van der Waals surface area contributed by atoms with Crippen molar-refractivity contribution < 1.29 is 40.7 Å². The van der Waals surface area contributed by atoms with Crippen molar-refractivity contribution in [2.75, 3.05) is 41.6 Å². The van der Waals surface area contributed by atoms with Crippen LogP contribution in [0, 0.1) is 5.82 Å². The Morgan fingerprint density at radius 2 is 1.49 bits per heavy atom. The molecule has 0 heterocycles. The minimum absolute atomic E-state index is 0.0773. The summed E-state index contributed by atoms with van der Waals surface area (Å²) in [6, 6.07) is 13.8. The Balaban J connectivity index is 1.92. The lowest BCUT2D eigenvalue weighted by Crippen LogP contribution is -2.33. The summed E-state index contributed by atoms with van der Waals surface area (Å²) in [5, 5.41) is 0. The first-order valence-corrected chi connectivity index (χ1v) is 12.5. The van der Waals surface area contributed by atoms with Crippen molar-refractivity contribution in [2.45, 2.75) is 11.4 Å². The molecule has 9 nitrogen and oxygen atoms in total. The molecule has 198 valence electrons. The van der Waals surface area contributed by atoms with Crippen LogP contribution < -0.4 is 18.4 Å². The number of rotatable bonds is 12. The number of hydrogen-bond donors (Lipinski definition) is 0. The van der Waals surface area contributed by atoms with E-state index in [2.05, 4.69) is 0 Å². The lowest BCUT2D eigenvalue weighted by atomic mass is 10.1. The number of carbonyl (C=O) groups is 1. The molecule has 0 saturated heterocycles. The number of amides is 1. The van der Waals surface area contributed by atoms with E-state index in [0.717, 1.165) is 24.3 Å². The molecule has 1 amide bonds. The van der Waals surface area contributed by atoms with Gasteiger partial charge in [-0.3, -0.25) is 4.79 Å². The number of carbonyl (C=O) groups excluding carboxylic acids is 1. The predicted octanol–water partition coefficient (Wildman–Crippen LogP) is 3.91. The Labute approximate surface area is 215 Å². The summed E-state index contributed by atoms with van der Waals surface area (Å²) in [6.07, 6.45) is 0. The van der Waals surface area contributed by atoms with Crippen LogP contribution in [-0.2, 0) is 21.4 Å². The summed E-state index contributed by atoms with van der Waals surface area (Å²) in [4.78, 5) is 14.7. The third-order valence-electron chi connectivity index (χ3n) is 5.35. The Bertz CT molecular complexity index is 1310. The molecule has 0 radical (unpaired) electrons. The average molecular weight is 534 g/mol. The van der Waals surface area contributed by atoms with Gasteiger partial charge in [-0.25, -0.2) is 4.39 Å². The van der Waals surface area contributed by atoms with Crippen LogP contribution in [0.5, 0.6) is 23.0 Å². The van der Waals surface area contributed by atoms with Crippen LogP contribution in [0.3, 0.4) is 0 Å². The lowest BCUT2D eigenvalue weighted by molar-refractivity contribution is 0.0679. The second-order valence-electron chi connectivity index (χ2n) is 7.80. The van der Waals surface area contributed by atoms with Crippen LogP contribution in [0.15, 0.2) is 65.6 Å². The van der Waals surface area contributed by atoms with E-state index < -0.39 is 15.9 Å². The van der Waals surface area contributed by atoms with Crippen LogP contribution in [-0.4, -0.2) is 60.8 Å². The molecule has 0 N–H and O–H groups in total. The zero-order valence-electron chi connectivity index (χ0n) is 20.9. The topological polar surface area (TPSA) is 101 Å². The van der Waals surface area contributed by atoms with E-state index in [-0.39, 0.29) is 42.0 Å². The molecule has 0 atom stereocenters. The minimum Gasteiger partial charge on any atom is -0.497 e. The molecule has 3 aromatic rings. The highest BCUT2D eigenvalue weighted by Crippen LogP contribution is 2.32. The van der Waals surface area contributed by atoms with Crippen LogP contribution in [0.4, 0.5) is 4.39 Å². The fourth-order valence-corrected chi connectivity index (χ4v) is 4.37. The summed E-state index contributed by atoms with van der Waals surface area (Å²) in [5.41, 5.74) is 0.917. The Hall–Kier alpha value is -3.83. The first-order chi connectivity index (χ1) is 17.7. The molecule has 37 heavy (non-hydrogen) atoms. The fourth-order valence-electron chi connectivity index (χ4n) is 3.44. The maximum atomic E-state index is 13.4. The standard InChI is InChI=1S/C26H28FNO8S/c1-32-12-11-28(26(29)19-14-21(33-2)16-22(15-19)34-3)17-18-5-10-24(35-4)25(13-18)36-37(30,31)23-8-6-20(27)7-9-23/h5-10,13-16H,11-12,17H2,1-4H3. The van der Waals surface area contributed by atoms with Gasteiger partial charge in [0.25, 0.3) is 5.91 Å². The molecule has 0 fully saturated rings. The highest BCUT2D eigenvalue weighted by atomic mass is 32.2. The van der Waals surface area contributed by atoms with Gasteiger partial charge < -0.3 is 28.0 Å². The summed E-state index contributed by atoms with van der Waals surface area (Å²) < 4.78 is 65.1. The molecular weight excluding hydrogens is 505 g/mol. The summed E-state index contributed by atoms with van der Waals surface area (Å²) in [6.45, 7) is 0.634. The predicted molar refractivity (Wildman–Crippen MR) is 133 cm³/mol. The number of ether oxygens (including phenoxy) is 4. The Kier molecular flexibility index (Phi) is 9.31. The molecule has 0 aliphatic carbocycles. The van der Waals surface area contributed by atoms with Gasteiger partial charge >= 0.3 is 10.1 Å². The first kappa shape index (κ1) is 27.8. The molecule has 0 aliphatic heterocycles. The number of hydrogen-bond acceptors (Lipinski definition) is 8. The molecule has 0 unspecified atom stereocenters. The van der Waals surface area contributed by atoms with Crippen molar-refractivity contribution in [3.63, 3.8) is 0 Å². The number of nitrogens with zero attached hydrogens (tertiary/aromatic N) is 1. The highest BCUT2D eigenvalue weighted by molar-refractivity contribution is 7.87. The van der Waals surface area contributed by atoms with E-state index in [1.165, 1.54) is 39.4 Å². The second kappa shape index (κ2) is 12.4. The quantitative estimate of drug-likeness (QED) is 0.323. The maximum Gasteiger partial charge on any atom is 0.339 e. The molecular formula is C26H28FNO8S. The summed E-state index contributed by atoms with van der Waals surface area (Å²) in [7, 11) is 1.61. The molecule has 11 heteroatoms. The van der Waals surface area contributed by atoms with Gasteiger partial charge in [-0.1, -0.05) is 6.07 Å². The third kappa shape index (κ3) is 7.11. The van der Waals surface area contributed by atoms with Crippen molar-refractivity contribution in [3.05, 3.63) is 77.6 Å². The molecule has 3 rings (SSSR count). The lowest BCUT2D eigenvalue weighted by Gasteiger charge is -2.23. The Morgan fingerprint density at radius 1 is 0.838 bits per heavy atom.